The largest absolute Gasteiger partial charge is 0.491 e. The van der Waals surface area contributed by atoms with Crippen LogP contribution in [0.4, 0.5) is 5.69 Å². The Labute approximate surface area is 197 Å². The van der Waals surface area contributed by atoms with Crippen molar-refractivity contribution in [2.75, 3.05) is 19.7 Å². The van der Waals surface area contributed by atoms with Gasteiger partial charge in [-0.15, -0.1) is 0 Å². The van der Waals surface area contributed by atoms with E-state index < -0.39 is 6.10 Å². The summed E-state index contributed by atoms with van der Waals surface area (Å²) in [6, 6.07) is 23.0. The van der Waals surface area contributed by atoms with Crippen molar-refractivity contribution in [2.24, 2.45) is 4.99 Å². The van der Waals surface area contributed by atoms with Gasteiger partial charge in [0.2, 0.25) is 0 Å². The topological polar surface area (TPSA) is 45.1 Å². The highest BCUT2D eigenvalue weighted by Crippen LogP contribution is 2.29. The molecule has 0 spiro atoms. The molecule has 0 bridgehead atoms. The first-order valence-corrected chi connectivity index (χ1v) is 12.0. The molecule has 1 atom stereocenters. The summed E-state index contributed by atoms with van der Waals surface area (Å²) < 4.78 is 5.96. The maximum Gasteiger partial charge on any atom is 0.120 e. The highest BCUT2D eigenvalue weighted by atomic mass is 16.5. The fraction of sp³-hybridized carbons (Fsp3) is 0.345. The van der Waals surface area contributed by atoms with E-state index in [0.29, 0.717) is 6.54 Å². The number of hydrogen-bond donors (Lipinski definition) is 1. The number of fused-ring (bicyclic) bond motifs is 1. The van der Waals surface area contributed by atoms with Crippen LogP contribution in [0.3, 0.4) is 0 Å². The van der Waals surface area contributed by atoms with Gasteiger partial charge in [0.15, 0.2) is 0 Å². The molecule has 0 fully saturated rings. The van der Waals surface area contributed by atoms with Crippen molar-refractivity contribution in [3.63, 3.8) is 0 Å². The van der Waals surface area contributed by atoms with Crippen LogP contribution in [-0.4, -0.2) is 42.0 Å². The van der Waals surface area contributed by atoms with E-state index in [4.69, 9.17) is 4.74 Å². The van der Waals surface area contributed by atoms with E-state index in [1.54, 1.807) is 0 Å². The predicted molar refractivity (Wildman–Crippen MR) is 137 cm³/mol. The van der Waals surface area contributed by atoms with E-state index in [1.807, 2.05) is 24.4 Å². The Morgan fingerprint density at radius 1 is 1.03 bits per heavy atom. The lowest BCUT2D eigenvalue weighted by Crippen LogP contribution is -2.38. The highest BCUT2D eigenvalue weighted by Gasteiger charge is 2.18. The van der Waals surface area contributed by atoms with Crippen LogP contribution in [0, 0.1) is 6.92 Å². The number of benzene rings is 3. The van der Waals surface area contributed by atoms with Gasteiger partial charge in [0, 0.05) is 25.8 Å². The summed E-state index contributed by atoms with van der Waals surface area (Å²) in [5.74, 6) is 0.776. The molecular formula is C29H34N2O2. The van der Waals surface area contributed by atoms with Gasteiger partial charge in [0.25, 0.3) is 0 Å². The molecule has 172 valence electrons. The lowest BCUT2D eigenvalue weighted by Gasteiger charge is -2.30. The van der Waals surface area contributed by atoms with Crippen molar-refractivity contribution in [2.45, 2.75) is 45.8 Å². The van der Waals surface area contributed by atoms with Crippen molar-refractivity contribution < 1.29 is 9.84 Å². The SMILES string of the molecule is CCCC=Nc1ccc(-c2cccc(OCC(O)CN3CCc4ccccc4C3)c2)cc1C. The Balaban J connectivity index is 1.33. The molecule has 0 aliphatic carbocycles. The van der Waals surface area contributed by atoms with Gasteiger partial charge in [0.1, 0.15) is 18.5 Å². The zero-order valence-electron chi connectivity index (χ0n) is 19.7. The normalized spacial score (nSPS) is 14.9. The maximum atomic E-state index is 10.6. The first-order valence-electron chi connectivity index (χ1n) is 12.0. The van der Waals surface area contributed by atoms with E-state index in [0.717, 1.165) is 60.5 Å². The van der Waals surface area contributed by atoms with Gasteiger partial charge >= 0.3 is 0 Å². The molecule has 0 aromatic heterocycles. The molecule has 1 N–H and O–H groups in total. The molecule has 1 aliphatic heterocycles. The monoisotopic (exact) mass is 442 g/mol. The first kappa shape index (κ1) is 23.2. The van der Waals surface area contributed by atoms with Gasteiger partial charge in [-0.05, 0) is 71.8 Å². The van der Waals surface area contributed by atoms with E-state index in [2.05, 4.69) is 72.3 Å². The number of aliphatic imine (C=N–C) groups is 1. The van der Waals surface area contributed by atoms with Gasteiger partial charge in [0.05, 0.1) is 5.69 Å². The average Bonchev–Trinajstić information content (AvgIpc) is 2.84. The minimum Gasteiger partial charge on any atom is -0.491 e. The van der Waals surface area contributed by atoms with E-state index in [9.17, 15) is 5.11 Å². The number of rotatable bonds is 9. The van der Waals surface area contributed by atoms with Crippen molar-refractivity contribution in [3.05, 3.63) is 83.4 Å². The third-order valence-corrected chi connectivity index (χ3v) is 6.13. The highest BCUT2D eigenvalue weighted by molar-refractivity contribution is 5.71. The maximum absolute atomic E-state index is 10.6. The molecule has 1 heterocycles. The van der Waals surface area contributed by atoms with Gasteiger partial charge < -0.3 is 9.84 Å². The molecule has 0 radical (unpaired) electrons. The van der Waals surface area contributed by atoms with Gasteiger partial charge in [-0.2, -0.15) is 0 Å². The van der Waals surface area contributed by atoms with Crippen molar-refractivity contribution in [3.8, 4) is 16.9 Å². The molecule has 0 saturated heterocycles. The summed E-state index contributed by atoms with van der Waals surface area (Å²) in [6.45, 7) is 7.02. The standard InChI is InChI=1S/C29H34N2O2/c1-3-4-15-30-29-13-12-25(17-22(29)2)24-10-7-11-28(18-24)33-21-27(32)20-31-16-14-23-8-5-6-9-26(23)19-31/h5-13,15,17-18,27,32H,3-4,14,16,19-21H2,1-2H3. The summed E-state index contributed by atoms with van der Waals surface area (Å²) in [5, 5.41) is 10.6. The Kier molecular flexibility index (Phi) is 7.92. The molecule has 4 nitrogen and oxygen atoms in total. The van der Waals surface area contributed by atoms with Crippen LogP contribution in [0.15, 0.2) is 71.7 Å². The zero-order chi connectivity index (χ0) is 23.0. The lowest BCUT2D eigenvalue weighted by molar-refractivity contribution is 0.0638. The number of unbranched alkanes of at least 4 members (excludes halogenated alkanes) is 1. The summed E-state index contributed by atoms with van der Waals surface area (Å²) >= 11 is 0. The van der Waals surface area contributed by atoms with Crippen LogP contribution in [0.1, 0.15) is 36.5 Å². The third-order valence-electron chi connectivity index (χ3n) is 6.13. The molecule has 1 aliphatic rings. The van der Waals surface area contributed by atoms with E-state index >= 15 is 0 Å². The number of aliphatic hydroxyl groups is 1. The predicted octanol–water partition coefficient (Wildman–Crippen LogP) is 5.96. The second kappa shape index (κ2) is 11.3. The number of β-amino-alcohol motifs (C(OH)–C–C–N with tert-alkyl or cyclic N) is 1. The second-order valence-corrected chi connectivity index (χ2v) is 8.85. The van der Waals surface area contributed by atoms with Gasteiger partial charge in [-0.3, -0.25) is 9.89 Å². The zero-order valence-corrected chi connectivity index (χ0v) is 19.7. The average molecular weight is 443 g/mol. The fourth-order valence-corrected chi connectivity index (χ4v) is 4.29. The molecule has 3 aromatic carbocycles. The molecule has 33 heavy (non-hydrogen) atoms. The molecule has 3 aromatic rings. The van der Waals surface area contributed by atoms with Crippen LogP contribution in [0.25, 0.3) is 11.1 Å². The molecule has 4 heteroatoms. The van der Waals surface area contributed by atoms with Crippen LogP contribution in [0.5, 0.6) is 5.75 Å². The van der Waals surface area contributed by atoms with Crippen LogP contribution in [0.2, 0.25) is 0 Å². The van der Waals surface area contributed by atoms with Crippen molar-refractivity contribution in [1.82, 2.24) is 4.90 Å². The van der Waals surface area contributed by atoms with E-state index in [-0.39, 0.29) is 6.61 Å². The first-order chi connectivity index (χ1) is 16.1. The summed E-state index contributed by atoms with van der Waals surface area (Å²) in [6.07, 6.45) is 4.60. The van der Waals surface area contributed by atoms with Crippen LogP contribution in [-0.2, 0) is 13.0 Å². The number of hydrogen-bond acceptors (Lipinski definition) is 4. The number of aliphatic hydroxyl groups excluding tert-OH is 1. The van der Waals surface area contributed by atoms with Crippen LogP contribution < -0.4 is 4.74 Å². The Morgan fingerprint density at radius 3 is 2.67 bits per heavy atom. The minimum atomic E-state index is -0.526. The Bertz CT molecular complexity index is 1090. The summed E-state index contributed by atoms with van der Waals surface area (Å²) in [7, 11) is 0. The molecule has 0 amide bonds. The fourth-order valence-electron chi connectivity index (χ4n) is 4.29. The summed E-state index contributed by atoms with van der Waals surface area (Å²) in [4.78, 5) is 6.88. The Morgan fingerprint density at radius 2 is 1.85 bits per heavy atom. The van der Waals surface area contributed by atoms with Crippen molar-refractivity contribution >= 4 is 11.9 Å². The quantitative estimate of drug-likeness (QED) is 0.416. The number of aryl methyl sites for hydroxylation is 1. The minimum absolute atomic E-state index is 0.283. The number of ether oxygens (including phenoxy) is 1. The molecule has 4 rings (SSSR count). The second-order valence-electron chi connectivity index (χ2n) is 8.85. The smallest absolute Gasteiger partial charge is 0.120 e. The van der Waals surface area contributed by atoms with Crippen LogP contribution >= 0.6 is 0 Å². The van der Waals surface area contributed by atoms with Gasteiger partial charge in [-0.25, -0.2) is 0 Å². The number of nitrogens with zero attached hydrogens (tertiary/aromatic N) is 2. The summed E-state index contributed by atoms with van der Waals surface area (Å²) in [5.41, 5.74) is 7.20. The third kappa shape index (κ3) is 6.31. The lowest BCUT2D eigenvalue weighted by atomic mass is 10.00. The molecule has 0 saturated carbocycles. The Hall–Kier alpha value is -2.95. The molecular weight excluding hydrogens is 408 g/mol. The molecule has 1 unspecified atom stereocenters. The van der Waals surface area contributed by atoms with Gasteiger partial charge in [-0.1, -0.05) is 55.8 Å². The van der Waals surface area contributed by atoms with Crippen molar-refractivity contribution in [1.29, 1.82) is 0 Å². The van der Waals surface area contributed by atoms with E-state index in [1.165, 1.54) is 11.1 Å².